The molecule has 0 aliphatic heterocycles. The SMILES string of the molecule is CCC1=C(C)C/C=C/C(C)=C(C)\C=C\CC(C)C(C)/C=C/C=C/C(C)=C\C=C1. The first-order valence-corrected chi connectivity index (χ1v) is 10.7. The van der Waals surface area contributed by atoms with Gasteiger partial charge in [0, 0.05) is 0 Å². The predicted molar refractivity (Wildman–Crippen MR) is 128 cm³/mol. The summed E-state index contributed by atoms with van der Waals surface area (Å²) >= 11 is 0. The van der Waals surface area contributed by atoms with Gasteiger partial charge in [-0.25, -0.2) is 0 Å². The van der Waals surface area contributed by atoms with E-state index in [0.717, 1.165) is 19.3 Å². The molecule has 28 heavy (non-hydrogen) atoms. The minimum Gasteiger partial charge on any atom is -0.0840 e. The van der Waals surface area contributed by atoms with Gasteiger partial charge in [0.2, 0.25) is 0 Å². The molecule has 0 heteroatoms. The van der Waals surface area contributed by atoms with Crippen molar-refractivity contribution in [1.82, 2.24) is 0 Å². The highest BCUT2D eigenvalue weighted by Crippen LogP contribution is 2.19. The Morgan fingerprint density at radius 3 is 2.18 bits per heavy atom. The summed E-state index contributed by atoms with van der Waals surface area (Å²) in [5, 5.41) is 0. The molecule has 0 fully saturated rings. The monoisotopic (exact) mass is 376 g/mol. The van der Waals surface area contributed by atoms with Crippen LogP contribution >= 0.6 is 0 Å². The van der Waals surface area contributed by atoms with Crippen molar-refractivity contribution in [3.05, 3.63) is 94.7 Å². The summed E-state index contributed by atoms with van der Waals surface area (Å²) in [6, 6.07) is 0. The summed E-state index contributed by atoms with van der Waals surface area (Å²) in [6.07, 6.45) is 27.8. The van der Waals surface area contributed by atoms with Crippen molar-refractivity contribution in [2.45, 2.75) is 67.7 Å². The first kappa shape index (κ1) is 24.0. The van der Waals surface area contributed by atoms with E-state index >= 15 is 0 Å². The van der Waals surface area contributed by atoms with Gasteiger partial charge in [-0.1, -0.05) is 98.8 Å². The van der Waals surface area contributed by atoms with E-state index in [0.29, 0.717) is 11.8 Å². The van der Waals surface area contributed by atoms with E-state index in [4.69, 9.17) is 0 Å². The molecule has 1 aliphatic carbocycles. The zero-order valence-electron chi connectivity index (χ0n) is 19.1. The molecule has 0 bridgehead atoms. The first-order valence-electron chi connectivity index (χ1n) is 10.7. The van der Waals surface area contributed by atoms with Crippen molar-refractivity contribution < 1.29 is 0 Å². The molecular weight excluding hydrogens is 336 g/mol. The highest BCUT2D eigenvalue weighted by atomic mass is 14.1. The van der Waals surface area contributed by atoms with E-state index in [1.807, 2.05) is 0 Å². The number of hydrogen-bond acceptors (Lipinski definition) is 0. The molecule has 0 aromatic rings. The summed E-state index contributed by atoms with van der Waals surface area (Å²) in [5.41, 5.74) is 6.83. The van der Waals surface area contributed by atoms with Gasteiger partial charge >= 0.3 is 0 Å². The molecule has 0 heterocycles. The van der Waals surface area contributed by atoms with Crippen LogP contribution in [0.25, 0.3) is 0 Å². The molecule has 0 N–H and O–H groups in total. The van der Waals surface area contributed by atoms with Gasteiger partial charge < -0.3 is 0 Å². The highest BCUT2D eigenvalue weighted by Gasteiger charge is 2.06. The predicted octanol–water partition coefficient (Wildman–Crippen LogP) is 8.84. The Morgan fingerprint density at radius 1 is 0.821 bits per heavy atom. The minimum atomic E-state index is 0.564. The Kier molecular flexibility index (Phi) is 11.3. The van der Waals surface area contributed by atoms with Gasteiger partial charge in [0.05, 0.1) is 0 Å². The molecule has 0 aromatic heterocycles. The number of hydrogen-bond donors (Lipinski definition) is 0. The zero-order chi connectivity index (χ0) is 20.9. The molecular formula is C28H40. The van der Waals surface area contributed by atoms with E-state index in [9.17, 15) is 0 Å². The van der Waals surface area contributed by atoms with Crippen molar-refractivity contribution in [2.24, 2.45) is 11.8 Å². The van der Waals surface area contributed by atoms with Crippen molar-refractivity contribution in [1.29, 1.82) is 0 Å². The van der Waals surface area contributed by atoms with Crippen LogP contribution in [0.2, 0.25) is 0 Å². The quantitative estimate of drug-likeness (QED) is 0.428. The average molecular weight is 377 g/mol. The van der Waals surface area contributed by atoms with E-state index < -0.39 is 0 Å². The third-order valence-corrected chi connectivity index (χ3v) is 5.66. The smallest absolute Gasteiger partial charge is 0.0133 e. The van der Waals surface area contributed by atoms with E-state index in [-0.39, 0.29) is 0 Å². The Bertz CT molecular complexity index is 726. The maximum absolute atomic E-state index is 2.33. The molecule has 0 nitrogen and oxygen atoms in total. The maximum Gasteiger partial charge on any atom is -0.0133 e. The third-order valence-electron chi connectivity index (χ3n) is 5.66. The van der Waals surface area contributed by atoms with Crippen molar-refractivity contribution in [2.75, 3.05) is 0 Å². The second kappa shape index (κ2) is 13.2. The molecule has 1 aliphatic rings. The van der Waals surface area contributed by atoms with E-state index in [1.54, 1.807) is 0 Å². The van der Waals surface area contributed by atoms with Crippen LogP contribution < -0.4 is 0 Å². The molecule has 0 amide bonds. The number of allylic oxidation sites excluding steroid dienone is 16. The normalized spacial score (nSPS) is 32.3. The molecule has 0 spiro atoms. The molecule has 152 valence electrons. The topological polar surface area (TPSA) is 0 Å². The van der Waals surface area contributed by atoms with E-state index in [2.05, 4.69) is 115 Å². The van der Waals surface area contributed by atoms with Crippen molar-refractivity contribution in [3.8, 4) is 0 Å². The minimum absolute atomic E-state index is 0.564. The van der Waals surface area contributed by atoms with Gasteiger partial charge in [0.15, 0.2) is 0 Å². The molecule has 2 unspecified atom stereocenters. The van der Waals surface area contributed by atoms with Crippen LogP contribution in [0, 0.1) is 11.8 Å². The largest absolute Gasteiger partial charge is 0.0840 e. The van der Waals surface area contributed by atoms with Crippen LogP contribution in [0.15, 0.2) is 94.7 Å². The fraction of sp³-hybridized carbons (Fsp3) is 0.429. The van der Waals surface area contributed by atoms with Gasteiger partial charge in [0.1, 0.15) is 0 Å². The van der Waals surface area contributed by atoms with Gasteiger partial charge in [0.25, 0.3) is 0 Å². The first-order chi connectivity index (χ1) is 13.3. The van der Waals surface area contributed by atoms with Crippen LogP contribution in [0.5, 0.6) is 0 Å². The number of rotatable bonds is 1. The van der Waals surface area contributed by atoms with E-state index in [1.165, 1.54) is 27.9 Å². The summed E-state index contributed by atoms with van der Waals surface area (Å²) < 4.78 is 0. The second-order valence-corrected chi connectivity index (χ2v) is 8.12. The molecule has 0 aromatic carbocycles. The van der Waals surface area contributed by atoms with Gasteiger partial charge in [-0.05, 0) is 75.5 Å². The molecule has 0 saturated carbocycles. The van der Waals surface area contributed by atoms with Crippen molar-refractivity contribution in [3.63, 3.8) is 0 Å². The van der Waals surface area contributed by atoms with Gasteiger partial charge in [-0.3, -0.25) is 0 Å². The fourth-order valence-electron chi connectivity index (χ4n) is 3.05. The zero-order valence-corrected chi connectivity index (χ0v) is 19.1. The lowest BCUT2D eigenvalue weighted by Crippen LogP contribution is -2.03. The second-order valence-electron chi connectivity index (χ2n) is 8.12. The molecule has 2 atom stereocenters. The van der Waals surface area contributed by atoms with Crippen LogP contribution in [-0.2, 0) is 0 Å². The van der Waals surface area contributed by atoms with Crippen molar-refractivity contribution >= 4 is 0 Å². The van der Waals surface area contributed by atoms with Crippen LogP contribution in [0.4, 0.5) is 0 Å². The molecule has 0 radical (unpaired) electrons. The van der Waals surface area contributed by atoms with Gasteiger partial charge in [-0.2, -0.15) is 0 Å². The summed E-state index contributed by atoms with van der Waals surface area (Å²) in [6.45, 7) is 15.7. The lowest BCUT2D eigenvalue weighted by atomic mass is 9.92. The lowest BCUT2D eigenvalue weighted by molar-refractivity contribution is 0.465. The fourth-order valence-corrected chi connectivity index (χ4v) is 3.05. The van der Waals surface area contributed by atoms with Crippen LogP contribution in [0.1, 0.15) is 67.7 Å². The maximum atomic E-state index is 2.33. The average Bonchev–Trinajstić information content (AvgIpc) is 2.67. The Labute approximate surface area is 174 Å². The summed E-state index contributed by atoms with van der Waals surface area (Å²) in [5.74, 6) is 1.20. The van der Waals surface area contributed by atoms with Gasteiger partial charge in [-0.15, -0.1) is 0 Å². The summed E-state index contributed by atoms with van der Waals surface area (Å²) in [4.78, 5) is 0. The van der Waals surface area contributed by atoms with Crippen LogP contribution in [0.3, 0.4) is 0 Å². The Hall–Kier alpha value is -2.08. The standard InChI is InChI=1S/C28H40/c1-8-28-21-11-15-22(2)14-9-10-16-23(3)24(4)17-12-18-25(5)26(6)19-13-20-27(28)7/h9-16,18-19,21,23-24H,8,17,20H2,1-7H3/b14-9+,16-10+,18-12+,19-13+,21-11?,22-15-,26-25-,28-27?. The molecule has 0 saturated heterocycles. The summed E-state index contributed by atoms with van der Waals surface area (Å²) in [7, 11) is 0. The lowest BCUT2D eigenvalue weighted by Gasteiger charge is -2.14. The van der Waals surface area contributed by atoms with Crippen LogP contribution in [-0.4, -0.2) is 0 Å². The Morgan fingerprint density at radius 2 is 1.50 bits per heavy atom. The third kappa shape index (κ3) is 9.22. The Balaban J connectivity index is 3.16. The molecule has 1 rings (SSSR count). The highest BCUT2D eigenvalue weighted by molar-refractivity contribution is 5.33.